The molecule has 0 saturated carbocycles. The third-order valence-electron chi connectivity index (χ3n) is 4.29. The minimum atomic E-state index is -3.93. The summed E-state index contributed by atoms with van der Waals surface area (Å²) in [5, 5.41) is 2.09. The van der Waals surface area contributed by atoms with Crippen molar-refractivity contribution in [1.29, 1.82) is 0 Å². The van der Waals surface area contributed by atoms with E-state index in [4.69, 9.17) is 11.6 Å². The standard InChI is InChI=1S/C15H16ClFN4O5S/c16-11-5-10(1-2-12(11)17)27(25,26)19-4-3-13(22)20-7-9(8-20)21-14(23)6-18-15(21)24/h1-2,5,9,19H,3-4,6-8H2,(H,18,24). The van der Waals surface area contributed by atoms with Crippen molar-refractivity contribution in [2.75, 3.05) is 26.2 Å². The fourth-order valence-corrected chi connectivity index (χ4v) is 4.11. The van der Waals surface area contributed by atoms with Gasteiger partial charge in [0.15, 0.2) is 0 Å². The number of halogens is 2. The van der Waals surface area contributed by atoms with Gasteiger partial charge in [-0.25, -0.2) is 22.3 Å². The summed E-state index contributed by atoms with van der Waals surface area (Å²) in [6.45, 7) is 0.246. The predicted molar refractivity (Wildman–Crippen MR) is 91.8 cm³/mol. The van der Waals surface area contributed by atoms with Gasteiger partial charge in [-0.2, -0.15) is 0 Å². The molecule has 2 N–H and O–H groups in total. The van der Waals surface area contributed by atoms with Crippen LogP contribution in [0.25, 0.3) is 0 Å². The van der Waals surface area contributed by atoms with Gasteiger partial charge in [0.05, 0.1) is 22.5 Å². The molecule has 2 fully saturated rings. The Morgan fingerprint density at radius 2 is 2.04 bits per heavy atom. The van der Waals surface area contributed by atoms with E-state index in [2.05, 4.69) is 10.0 Å². The average molecular weight is 419 g/mol. The summed E-state index contributed by atoms with van der Waals surface area (Å²) < 4.78 is 39.6. The molecule has 12 heteroatoms. The molecule has 0 unspecified atom stereocenters. The number of nitrogens with one attached hydrogen (secondary N) is 2. The number of imide groups is 1. The lowest BCUT2D eigenvalue weighted by atomic mass is 10.1. The van der Waals surface area contributed by atoms with Crippen molar-refractivity contribution >= 4 is 39.5 Å². The number of nitrogens with zero attached hydrogens (tertiary/aromatic N) is 2. The Morgan fingerprint density at radius 1 is 1.33 bits per heavy atom. The molecule has 146 valence electrons. The first-order valence-corrected chi connectivity index (χ1v) is 9.87. The molecular formula is C15H16ClFN4O5S. The number of sulfonamides is 1. The van der Waals surface area contributed by atoms with Gasteiger partial charge in [0.25, 0.3) is 0 Å². The normalized spacial score (nSPS) is 17.9. The highest BCUT2D eigenvalue weighted by molar-refractivity contribution is 7.89. The molecular weight excluding hydrogens is 403 g/mol. The lowest BCUT2D eigenvalue weighted by Gasteiger charge is -2.42. The highest BCUT2D eigenvalue weighted by atomic mass is 35.5. The predicted octanol–water partition coefficient (Wildman–Crippen LogP) is -0.0899. The molecule has 0 aromatic heterocycles. The molecule has 2 aliphatic rings. The number of likely N-dealkylation sites (tertiary alicyclic amines) is 1. The minimum Gasteiger partial charge on any atom is -0.338 e. The van der Waals surface area contributed by atoms with E-state index in [-0.39, 0.29) is 60.4 Å². The summed E-state index contributed by atoms with van der Waals surface area (Å²) >= 11 is 5.58. The smallest absolute Gasteiger partial charge is 0.324 e. The highest BCUT2D eigenvalue weighted by Gasteiger charge is 2.42. The first-order chi connectivity index (χ1) is 12.7. The quantitative estimate of drug-likeness (QED) is 0.626. The van der Waals surface area contributed by atoms with Crippen molar-refractivity contribution < 1.29 is 27.2 Å². The van der Waals surface area contributed by atoms with Crippen LogP contribution in [0.15, 0.2) is 23.1 Å². The van der Waals surface area contributed by atoms with Gasteiger partial charge in [-0.1, -0.05) is 11.6 Å². The van der Waals surface area contributed by atoms with Crippen molar-refractivity contribution in [3.63, 3.8) is 0 Å². The molecule has 2 heterocycles. The summed E-state index contributed by atoms with van der Waals surface area (Å²) in [6.07, 6.45) is -0.0962. The summed E-state index contributed by atoms with van der Waals surface area (Å²) in [6, 6.07) is 2.17. The highest BCUT2D eigenvalue weighted by Crippen LogP contribution is 2.20. The van der Waals surface area contributed by atoms with Crippen LogP contribution >= 0.6 is 11.6 Å². The number of carbonyl (C=O) groups is 3. The molecule has 0 spiro atoms. The summed E-state index contributed by atoms with van der Waals surface area (Å²) in [5.41, 5.74) is 0. The Morgan fingerprint density at radius 3 is 2.63 bits per heavy atom. The first-order valence-electron chi connectivity index (χ1n) is 8.01. The number of hydrogen-bond donors (Lipinski definition) is 2. The van der Waals surface area contributed by atoms with Crippen LogP contribution in [-0.2, 0) is 19.6 Å². The monoisotopic (exact) mass is 418 g/mol. The van der Waals surface area contributed by atoms with Crippen LogP contribution in [0.3, 0.4) is 0 Å². The van der Waals surface area contributed by atoms with Gasteiger partial charge in [-0.05, 0) is 18.2 Å². The van der Waals surface area contributed by atoms with Crippen LogP contribution < -0.4 is 10.0 Å². The van der Waals surface area contributed by atoms with Crippen LogP contribution in [0, 0.1) is 5.82 Å². The molecule has 2 saturated heterocycles. The zero-order chi connectivity index (χ0) is 19.8. The zero-order valence-electron chi connectivity index (χ0n) is 13.9. The Hall–Kier alpha value is -2.24. The van der Waals surface area contributed by atoms with Gasteiger partial charge in [-0.3, -0.25) is 14.5 Å². The average Bonchev–Trinajstić information content (AvgIpc) is 2.88. The fraction of sp³-hybridized carbons (Fsp3) is 0.400. The molecule has 0 radical (unpaired) electrons. The Bertz CT molecular complexity index is 887. The molecule has 0 atom stereocenters. The van der Waals surface area contributed by atoms with E-state index in [0.717, 1.165) is 23.1 Å². The van der Waals surface area contributed by atoms with Crippen molar-refractivity contribution in [2.45, 2.75) is 17.4 Å². The summed E-state index contributed by atoms with van der Waals surface area (Å²) in [5.74, 6) is -1.37. The van der Waals surface area contributed by atoms with Crippen molar-refractivity contribution in [3.8, 4) is 0 Å². The maximum Gasteiger partial charge on any atom is 0.324 e. The maximum absolute atomic E-state index is 13.1. The van der Waals surface area contributed by atoms with Crippen LogP contribution in [-0.4, -0.2) is 68.3 Å². The number of rotatable bonds is 6. The second-order valence-corrected chi connectivity index (χ2v) is 8.27. The minimum absolute atomic E-state index is 0.0432. The summed E-state index contributed by atoms with van der Waals surface area (Å²) in [7, 11) is -3.93. The maximum atomic E-state index is 13.1. The van der Waals surface area contributed by atoms with Gasteiger partial charge in [0.1, 0.15) is 5.82 Å². The molecule has 0 bridgehead atoms. The van der Waals surface area contributed by atoms with Crippen molar-refractivity contribution in [2.24, 2.45) is 0 Å². The molecule has 9 nitrogen and oxygen atoms in total. The molecule has 1 aromatic rings. The number of urea groups is 1. The number of hydrogen-bond acceptors (Lipinski definition) is 5. The third-order valence-corrected chi connectivity index (χ3v) is 6.04. The van der Waals surface area contributed by atoms with Gasteiger partial charge < -0.3 is 10.2 Å². The molecule has 2 aliphatic heterocycles. The summed E-state index contributed by atoms with van der Waals surface area (Å²) in [4.78, 5) is 37.5. The van der Waals surface area contributed by atoms with E-state index in [1.54, 1.807) is 0 Å². The Labute approximate surface area is 159 Å². The van der Waals surface area contributed by atoms with E-state index in [9.17, 15) is 27.2 Å². The van der Waals surface area contributed by atoms with Gasteiger partial charge in [0.2, 0.25) is 21.8 Å². The first kappa shape index (κ1) is 19.5. The van der Waals surface area contributed by atoms with Crippen molar-refractivity contribution in [3.05, 3.63) is 29.0 Å². The van der Waals surface area contributed by atoms with Gasteiger partial charge in [-0.15, -0.1) is 0 Å². The van der Waals surface area contributed by atoms with E-state index in [0.29, 0.717) is 0 Å². The number of benzene rings is 1. The molecule has 1 aromatic carbocycles. The molecule has 27 heavy (non-hydrogen) atoms. The van der Waals surface area contributed by atoms with E-state index < -0.39 is 21.9 Å². The largest absolute Gasteiger partial charge is 0.338 e. The van der Waals surface area contributed by atoms with Gasteiger partial charge in [0, 0.05) is 26.1 Å². The van der Waals surface area contributed by atoms with Crippen LogP contribution in [0.1, 0.15) is 6.42 Å². The lowest BCUT2D eigenvalue weighted by Crippen LogP contribution is -2.62. The lowest BCUT2D eigenvalue weighted by molar-refractivity contribution is -0.141. The van der Waals surface area contributed by atoms with E-state index >= 15 is 0 Å². The SMILES string of the molecule is O=C(CCNS(=O)(=O)c1ccc(F)c(Cl)c1)N1CC(N2C(=O)CNC2=O)C1. The van der Waals surface area contributed by atoms with E-state index in [1.807, 2.05) is 0 Å². The Balaban J connectivity index is 1.47. The molecule has 4 amide bonds. The second kappa shape index (κ2) is 7.41. The topological polar surface area (TPSA) is 116 Å². The van der Waals surface area contributed by atoms with Crippen LogP contribution in [0.2, 0.25) is 5.02 Å². The Kier molecular flexibility index (Phi) is 5.36. The number of amides is 4. The third kappa shape index (κ3) is 4.04. The zero-order valence-corrected chi connectivity index (χ0v) is 15.5. The number of carbonyl (C=O) groups excluding carboxylic acids is 3. The second-order valence-electron chi connectivity index (χ2n) is 6.10. The fourth-order valence-electron chi connectivity index (χ4n) is 2.80. The molecule has 3 rings (SSSR count). The van der Waals surface area contributed by atoms with Crippen molar-refractivity contribution in [1.82, 2.24) is 19.8 Å². The van der Waals surface area contributed by atoms with Gasteiger partial charge >= 0.3 is 6.03 Å². The van der Waals surface area contributed by atoms with Crippen LogP contribution in [0.4, 0.5) is 9.18 Å². The molecule has 0 aliphatic carbocycles. The van der Waals surface area contributed by atoms with E-state index in [1.165, 1.54) is 4.90 Å². The van der Waals surface area contributed by atoms with Crippen LogP contribution in [0.5, 0.6) is 0 Å².